The fourth-order valence-corrected chi connectivity index (χ4v) is 7.81. The molecule has 0 amide bonds. The van der Waals surface area contributed by atoms with Crippen molar-refractivity contribution in [2.45, 2.75) is 20.8 Å². The molecular formula is C49H36. The van der Waals surface area contributed by atoms with Crippen molar-refractivity contribution in [3.05, 3.63) is 180 Å². The first-order valence-corrected chi connectivity index (χ1v) is 17.2. The number of rotatable bonds is 4. The van der Waals surface area contributed by atoms with Gasteiger partial charge in [0.15, 0.2) is 0 Å². The van der Waals surface area contributed by atoms with Crippen molar-refractivity contribution >= 4 is 43.1 Å². The molecule has 49 heavy (non-hydrogen) atoms. The molecule has 0 aromatic heterocycles. The van der Waals surface area contributed by atoms with E-state index < -0.39 is 0 Å². The van der Waals surface area contributed by atoms with Crippen LogP contribution in [-0.4, -0.2) is 0 Å². The van der Waals surface area contributed by atoms with Crippen LogP contribution in [0.5, 0.6) is 0 Å². The van der Waals surface area contributed by atoms with Crippen LogP contribution in [0.4, 0.5) is 0 Å². The molecule has 0 saturated heterocycles. The Hall–Kier alpha value is -5.98. The van der Waals surface area contributed by atoms with E-state index in [0.29, 0.717) is 0 Å². The van der Waals surface area contributed by atoms with Gasteiger partial charge in [-0.25, -0.2) is 0 Å². The standard InChI is InChI=1S/C49H36/c1-31-25-41(26-32(2)33(31)3)45-28-37-17-9-10-18-38(37)29-47(45)49-43-20-12-11-19-42(43)48(40-22-21-35-15-7-8-16-36(35)27-40)44-24-23-39(30-46(44)49)34-13-5-4-6-14-34/h4-30H,1-3H3. The molecule has 0 nitrogen and oxygen atoms in total. The predicted molar refractivity (Wildman–Crippen MR) is 212 cm³/mol. The fourth-order valence-electron chi connectivity index (χ4n) is 7.81. The van der Waals surface area contributed by atoms with Gasteiger partial charge in [0.1, 0.15) is 0 Å². The van der Waals surface area contributed by atoms with E-state index in [4.69, 9.17) is 0 Å². The average Bonchev–Trinajstić information content (AvgIpc) is 3.15. The van der Waals surface area contributed by atoms with Crippen LogP contribution < -0.4 is 0 Å². The van der Waals surface area contributed by atoms with E-state index in [1.54, 1.807) is 0 Å². The lowest BCUT2D eigenvalue weighted by molar-refractivity contribution is 1.27. The van der Waals surface area contributed by atoms with Gasteiger partial charge in [0.25, 0.3) is 0 Å². The summed E-state index contributed by atoms with van der Waals surface area (Å²) < 4.78 is 0. The van der Waals surface area contributed by atoms with Gasteiger partial charge in [-0.3, -0.25) is 0 Å². The SMILES string of the molecule is Cc1cc(-c2cc3ccccc3cc2-c2c3ccccc3c(-c3ccc4ccccc4c3)c3ccc(-c4ccccc4)cc23)cc(C)c1C. The minimum Gasteiger partial charge on any atom is -0.0622 e. The van der Waals surface area contributed by atoms with Gasteiger partial charge in [-0.15, -0.1) is 0 Å². The Kier molecular flexibility index (Phi) is 6.92. The maximum atomic E-state index is 2.43. The van der Waals surface area contributed by atoms with Gasteiger partial charge in [-0.05, 0) is 149 Å². The highest BCUT2D eigenvalue weighted by atomic mass is 14.2. The third kappa shape index (κ3) is 4.91. The highest BCUT2D eigenvalue weighted by Gasteiger charge is 2.21. The largest absolute Gasteiger partial charge is 0.0622 e. The predicted octanol–water partition coefficient (Wildman–Crippen LogP) is 13.9. The second kappa shape index (κ2) is 11.6. The molecule has 0 aliphatic heterocycles. The van der Waals surface area contributed by atoms with Crippen LogP contribution in [0.1, 0.15) is 16.7 Å². The molecule has 0 heteroatoms. The Bertz CT molecular complexity index is 2710. The molecule has 0 fully saturated rings. The number of hydrogen-bond donors (Lipinski definition) is 0. The fraction of sp³-hybridized carbons (Fsp3) is 0.0612. The molecule has 0 bridgehead atoms. The smallest absolute Gasteiger partial charge is 0.00197 e. The van der Waals surface area contributed by atoms with Crippen molar-refractivity contribution in [3.63, 3.8) is 0 Å². The molecule has 0 aliphatic carbocycles. The lowest BCUT2D eigenvalue weighted by Gasteiger charge is -2.22. The lowest BCUT2D eigenvalue weighted by atomic mass is 9.81. The van der Waals surface area contributed by atoms with Gasteiger partial charge in [0.2, 0.25) is 0 Å². The van der Waals surface area contributed by atoms with Gasteiger partial charge in [-0.1, -0.05) is 140 Å². The lowest BCUT2D eigenvalue weighted by Crippen LogP contribution is -1.95. The zero-order valence-electron chi connectivity index (χ0n) is 28.1. The number of fused-ring (bicyclic) bond motifs is 4. The summed E-state index contributed by atoms with van der Waals surface area (Å²) >= 11 is 0. The number of benzene rings is 9. The van der Waals surface area contributed by atoms with Gasteiger partial charge in [0.05, 0.1) is 0 Å². The van der Waals surface area contributed by atoms with Crippen LogP contribution in [-0.2, 0) is 0 Å². The van der Waals surface area contributed by atoms with Crippen molar-refractivity contribution < 1.29 is 0 Å². The minimum atomic E-state index is 1.22. The van der Waals surface area contributed by atoms with Gasteiger partial charge in [0, 0.05) is 0 Å². The van der Waals surface area contributed by atoms with Gasteiger partial charge < -0.3 is 0 Å². The second-order valence-corrected chi connectivity index (χ2v) is 13.5. The topological polar surface area (TPSA) is 0 Å². The summed E-state index contributed by atoms with van der Waals surface area (Å²) in [5, 5.41) is 10.1. The summed E-state index contributed by atoms with van der Waals surface area (Å²) in [6, 6.07) is 60.9. The molecular weight excluding hydrogens is 589 g/mol. The molecule has 0 N–H and O–H groups in total. The molecule has 232 valence electrons. The van der Waals surface area contributed by atoms with Gasteiger partial charge in [-0.2, -0.15) is 0 Å². The van der Waals surface area contributed by atoms with Crippen LogP contribution in [0.25, 0.3) is 87.6 Å². The second-order valence-electron chi connectivity index (χ2n) is 13.5. The summed E-state index contributed by atoms with van der Waals surface area (Å²) in [6.45, 7) is 6.71. The molecule has 9 rings (SSSR count). The Morgan fingerprint density at radius 1 is 0.286 bits per heavy atom. The summed E-state index contributed by atoms with van der Waals surface area (Å²) in [5.41, 5.74) is 14.0. The van der Waals surface area contributed by atoms with Crippen molar-refractivity contribution in [2.75, 3.05) is 0 Å². The summed E-state index contributed by atoms with van der Waals surface area (Å²) in [7, 11) is 0. The van der Waals surface area contributed by atoms with Crippen LogP contribution in [0.2, 0.25) is 0 Å². The average molecular weight is 625 g/mol. The summed E-state index contributed by atoms with van der Waals surface area (Å²) in [5.74, 6) is 0. The van der Waals surface area contributed by atoms with Crippen molar-refractivity contribution in [1.29, 1.82) is 0 Å². The zero-order chi connectivity index (χ0) is 33.1. The van der Waals surface area contributed by atoms with E-state index in [9.17, 15) is 0 Å². The first-order valence-electron chi connectivity index (χ1n) is 17.2. The Morgan fingerprint density at radius 3 is 1.51 bits per heavy atom. The van der Waals surface area contributed by atoms with Crippen molar-refractivity contribution in [1.82, 2.24) is 0 Å². The third-order valence-corrected chi connectivity index (χ3v) is 10.6. The molecule has 0 atom stereocenters. The van der Waals surface area contributed by atoms with Crippen LogP contribution in [0.3, 0.4) is 0 Å². The monoisotopic (exact) mass is 624 g/mol. The van der Waals surface area contributed by atoms with Gasteiger partial charge >= 0.3 is 0 Å². The highest BCUT2D eigenvalue weighted by Crippen LogP contribution is 2.48. The van der Waals surface area contributed by atoms with Crippen molar-refractivity contribution in [2.24, 2.45) is 0 Å². The molecule has 0 unspecified atom stereocenters. The Labute approximate surface area is 287 Å². The van der Waals surface area contributed by atoms with E-state index in [1.807, 2.05) is 0 Å². The van der Waals surface area contributed by atoms with E-state index in [1.165, 1.54) is 104 Å². The first-order chi connectivity index (χ1) is 24.0. The molecule has 0 heterocycles. The molecule has 0 radical (unpaired) electrons. The molecule has 9 aromatic rings. The van der Waals surface area contributed by atoms with E-state index in [2.05, 4.69) is 185 Å². The maximum absolute atomic E-state index is 2.43. The number of hydrogen-bond acceptors (Lipinski definition) is 0. The van der Waals surface area contributed by atoms with E-state index in [-0.39, 0.29) is 0 Å². The molecule has 9 aromatic carbocycles. The van der Waals surface area contributed by atoms with E-state index in [0.717, 1.165) is 0 Å². The normalized spacial score (nSPS) is 11.6. The third-order valence-electron chi connectivity index (χ3n) is 10.6. The van der Waals surface area contributed by atoms with Crippen LogP contribution in [0, 0.1) is 20.8 Å². The quantitative estimate of drug-likeness (QED) is 0.171. The Balaban J connectivity index is 1.46. The van der Waals surface area contributed by atoms with E-state index >= 15 is 0 Å². The first kappa shape index (κ1) is 29.2. The summed E-state index contributed by atoms with van der Waals surface area (Å²) in [4.78, 5) is 0. The van der Waals surface area contributed by atoms with Crippen LogP contribution >= 0.6 is 0 Å². The molecule has 0 aliphatic rings. The highest BCUT2D eigenvalue weighted by molar-refractivity contribution is 6.23. The molecule has 0 spiro atoms. The molecule has 0 saturated carbocycles. The zero-order valence-corrected chi connectivity index (χ0v) is 28.1. The number of aryl methyl sites for hydroxylation is 2. The maximum Gasteiger partial charge on any atom is -0.00197 e. The summed E-state index contributed by atoms with van der Waals surface area (Å²) in [6.07, 6.45) is 0. The van der Waals surface area contributed by atoms with Crippen LogP contribution in [0.15, 0.2) is 164 Å². The van der Waals surface area contributed by atoms with Crippen molar-refractivity contribution in [3.8, 4) is 44.5 Å². The Morgan fingerprint density at radius 2 is 0.816 bits per heavy atom. The minimum absolute atomic E-state index is 1.22.